The Hall–Kier alpha value is -2.42. The first-order valence-corrected chi connectivity index (χ1v) is 11.8. The van der Waals surface area contributed by atoms with Crippen LogP contribution in [0.5, 0.6) is 0 Å². The summed E-state index contributed by atoms with van der Waals surface area (Å²) in [6.45, 7) is 8.78. The van der Waals surface area contributed by atoms with Crippen LogP contribution in [0.2, 0.25) is 0 Å². The minimum absolute atomic E-state index is 0.139. The summed E-state index contributed by atoms with van der Waals surface area (Å²) >= 11 is 0. The van der Waals surface area contributed by atoms with Crippen LogP contribution in [0.15, 0.2) is 91.0 Å². The molecule has 0 fully saturated rings. The first-order valence-electron chi connectivity index (χ1n) is 9.82. The molecule has 0 aliphatic carbocycles. The van der Waals surface area contributed by atoms with Crippen LogP contribution in [0.1, 0.15) is 27.7 Å². The molecule has 1 nitrogen and oxygen atoms in total. The second-order valence-corrected chi connectivity index (χ2v) is 12.7. The summed E-state index contributed by atoms with van der Waals surface area (Å²) < 4.78 is 0. The van der Waals surface area contributed by atoms with Crippen molar-refractivity contribution in [3.05, 3.63) is 96.9 Å². The third kappa shape index (κ3) is 3.28. The molecule has 0 bridgehead atoms. The van der Waals surface area contributed by atoms with E-state index < -0.39 is 7.26 Å². The molecule has 1 unspecified atom stereocenters. The topological polar surface area (TPSA) is 23.8 Å². The summed E-state index contributed by atoms with van der Waals surface area (Å²) in [4.78, 5) is 0. The molecule has 3 aromatic carbocycles. The number of hydrogen-bond donors (Lipinski definition) is 0. The van der Waals surface area contributed by atoms with Crippen molar-refractivity contribution in [2.75, 3.05) is 0 Å². The average Bonchev–Trinajstić information content (AvgIpc) is 2.71. The summed E-state index contributed by atoms with van der Waals surface area (Å²) in [5, 5.41) is 14.0. The van der Waals surface area contributed by atoms with Crippen molar-refractivity contribution in [2.45, 2.75) is 32.9 Å². The Morgan fingerprint density at radius 2 is 1.04 bits per heavy atom. The molecule has 1 radical (unpaired) electrons. The zero-order valence-corrected chi connectivity index (χ0v) is 18.2. The summed E-state index contributed by atoms with van der Waals surface area (Å²) in [7, 11) is -2.54. The Morgan fingerprint density at radius 1 is 0.714 bits per heavy atom. The van der Waals surface area contributed by atoms with Crippen molar-refractivity contribution < 1.29 is 0 Å². The van der Waals surface area contributed by atoms with Crippen molar-refractivity contribution >= 4 is 23.2 Å². The van der Waals surface area contributed by atoms with Crippen LogP contribution in [-0.2, 0) is 0 Å². The van der Waals surface area contributed by atoms with Crippen molar-refractivity contribution in [3.63, 3.8) is 0 Å². The van der Waals surface area contributed by atoms with E-state index in [4.69, 9.17) is 0 Å². The van der Waals surface area contributed by atoms with E-state index in [1.165, 1.54) is 21.8 Å². The Balaban J connectivity index is 2.47. The van der Waals surface area contributed by atoms with Gasteiger partial charge in [-0.1, -0.05) is 0 Å². The van der Waals surface area contributed by atoms with Gasteiger partial charge in [-0.3, -0.25) is 0 Å². The molecule has 0 saturated carbocycles. The molecule has 1 atom stereocenters. The van der Waals surface area contributed by atoms with E-state index >= 15 is 0 Å². The number of rotatable bonds is 6. The van der Waals surface area contributed by atoms with Gasteiger partial charge < -0.3 is 0 Å². The van der Waals surface area contributed by atoms with Crippen LogP contribution in [0, 0.1) is 23.2 Å². The molecule has 0 spiro atoms. The number of nitrogens with zero attached hydrogens (tertiary/aromatic N) is 1. The first kappa shape index (κ1) is 20.3. The van der Waals surface area contributed by atoms with E-state index in [1.807, 2.05) is 0 Å². The van der Waals surface area contributed by atoms with E-state index in [0.717, 1.165) is 0 Å². The van der Waals surface area contributed by atoms with Gasteiger partial charge in [-0.05, 0) is 0 Å². The Labute approximate surface area is 170 Å². The normalized spacial score (nSPS) is 13.7. The van der Waals surface area contributed by atoms with Crippen LogP contribution >= 0.6 is 7.26 Å². The van der Waals surface area contributed by atoms with Crippen LogP contribution < -0.4 is 15.9 Å². The average molecular weight is 386 g/mol. The second kappa shape index (κ2) is 8.30. The molecule has 143 valence electrons. The van der Waals surface area contributed by atoms with Crippen molar-refractivity contribution in [1.82, 2.24) is 0 Å². The van der Waals surface area contributed by atoms with Crippen LogP contribution in [-0.4, -0.2) is 5.16 Å². The molecule has 0 amide bonds. The summed E-state index contributed by atoms with van der Waals surface area (Å²) in [5.41, 5.74) is 0. The van der Waals surface area contributed by atoms with Crippen LogP contribution in [0.3, 0.4) is 0 Å². The van der Waals surface area contributed by atoms with Gasteiger partial charge in [-0.2, -0.15) is 0 Å². The quantitative estimate of drug-likeness (QED) is 0.531. The van der Waals surface area contributed by atoms with Gasteiger partial charge in [-0.15, -0.1) is 0 Å². The standard InChI is InChI=1S/C26H29NP/c1-21(2)25(20-27)26(3,4)28(22-14-8-5-9-15-22,23-16-10-6-11-17-23)24-18-12-7-13-19-24/h5-19,25,28H,1-4H3. The third-order valence-electron chi connectivity index (χ3n) is 6.02. The number of nitriles is 1. The van der Waals surface area contributed by atoms with E-state index in [2.05, 4.69) is 125 Å². The molecule has 0 heterocycles. The van der Waals surface area contributed by atoms with Gasteiger partial charge in [0.1, 0.15) is 0 Å². The molecular formula is C26H29NP. The van der Waals surface area contributed by atoms with Crippen LogP contribution in [0.4, 0.5) is 0 Å². The Kier molecular flexibility index (Phi) is 6.02. The van der Waals surface area contributed by atoms with Gasteiger partial charge in [0.25, 0.3) is 0 Å². The minimum atomic E-state index is -2.54. The van der Waals surface area contributed by atoms with Crippen molar-refractivity contribution in [1.29, 1.82) is 5.26 Å². The molecule has 3 rings (SSSR count). The van der Waals surface area contributed by atoms with Crippen LogP contribution in [0.25, 0.3) is 0 Å². The molecule has 0 aliphatic heterocycles. The molecule has 0 N–H and O–H groups in total. The van der Waals surface area contributed by atoms with Gasteiger partial charge in [-0.25, -0.2) is 0 Å². The second-order valence-electron chi connectivity index (χ2n) is 8.21. The van der Waals surface area contributed by atoms with Crippen molar-refractivity contribution in [3.8, 4) is 6.07 Å². The summed E-state index contributed by atoms with van der Waals surface area (Å²) in [5.74, 6) is 1.03. The zero-order valence-electron chi connectivity index (χ0n) is 17.2. The first-order chi connectivity index (χ1) is 13.5. The van der Waals surface area contributed by atoms with Gasteiger partial charge in [0.05, 0.1) is 0 Å². The van der Waals surface area contributed by atoms with Crippen molar-refractivity contribution in [2.24, 2.45) is 5.92 Å². The van der Waals surface area contributed by atoms with E-state index in [1.54, 1.807) is 0 Å². The molecule has 0 saturated heterocycles. The summed E-state index contributed by atoms with van der Waals surface area (Å²) in [6.07, 6.45) is 0. The fraction of sp³-hybridized carbons (Fsp3) is 0.231. The molecule has 3 aromatic rings. The monoisotopic (exact) mass is 386 g/mol. The van der Waals surface area contributed by atoms with E-state index in [0.29, 0.717) is 0 Å². The maximum atomic E-state index is 10.2. The Morgan fingerprint density at radius 3 is 1.29 bits per heavy atom. The maximum absolute atomic E-state index is 10.2. The molecule has 2 heteroatoms. The third-order valence-corrected chi connectivity index (χ3v) is 11.8. The molecule has 0 aromatic heterocycles. The fourth-order valence-electron chi connectivity index (χ4n) is 4.91. The number of benzene rings is 3. The van der Waals surface area contributed by atoms with E-state index in [9.17, 15) is 5.26 Å². The van der Waals surface area contributed by atoms with Gasteiger partial charge in [0, 0.05) is 0 Å². The predicted octanol–water partition coefficient (Wildman–Crippen LogP) is 5.25. The zero-order chi connectivity index (χ0) is 20.2. The molecule has 0 aliphatic rings. The fourth-order valence-corrected chi connectivity index (χ4v) is 11.0. The summed E-state index contributed by atoms with van der Waals surface area (Å²) in [6, 6.07) is 35.2. The molecular weight excluding hydrogens is 357 g/mol. The van der Waals surface area contributed by atoms with E-state index in [-0.39, 0.29) is 11.1 Å². The van der Waals surface area contributed by atoms with Gasteiger partial charge in [0.2, 0.25) is 0 Å². The number of hydrogen-bond acceptors (Lipinski definition) is 1. The molecule has 28 heavy (non-hydrogen) atoms. The SMILES string of the molecule is C[C](C)C(C#N)C(C)(C)[PH](c1ccccc1)(c1ccccc1)c1ccccc1. The van der Waals surface area contributed by atoms with Gasteiger partial charge >= 0.3 is 170 Å². The Bertz CT molecular complexity index is 828. The predicted molar refractivity (Wildman–Crippen MR) is 124 cm³/mol. The van der Waals surface area contributed by atoms with Gasteiger partial charge in [0.15, 0.2) is 0 Å².